The second kappa shape index (κ2) is 11.2. The number of rotatable bonds is 10. The number of nitrogen functional groups attached to an aromatic ring is 1. The van der Waals surface area contributed by atoms with Gasteiger partial charge in [-0.05, 0) is 54.1 Å². The van der Waals surface area contributed by atoms with Gasteiger partial charge in [-0.1, -0.05) is 44.7 Å². The van der Waals surface area contributed by atoms with Crippen LogP contribution in [-0.2, 0) is 6.42 Å². The Balaban J connectivity index is 1.65. The maximum absolute atomic E-state index is 14.9. The van der Waals surface area contributed by atoms with E-state index in [1.54, 1.807) is 29.8 Å². The van der Waals surface area contributed by atoms with Crippen molar-refractivity contribution in [3.05, 3.63) is 113 Å². The summed E-state index contributed by atoms with van der Waals surface area (Å²) in [5.41, 5.74) is 12.9. The molecule has 5 nitrogen and oxygen atoms in total. The van der Waals surface area contributed by atoms with Crippen molar-refractivity contribution in [1.29, 1.82) is 0 Å². The summed E-state index contributed by atoms with van der Waals surface area (Å²) in [5.74, 6) is 0.243. The maximum atomic E-state index is 14.9. The van der Waals surface area contributed by atoms with Gasteiger partial charge in [0.25, 0.3) is 0 Å². The minimum Gasteiger partial charge on any atom is -0.396 e. The number of nitrogens with zero attached hydrogens (tertiary/aromatic N) is 2. The molecular formula is C29H30FN5S. The number of aryl methyl sites for hydroxylation is 1. The van der Waals surface area contributed by atoms with Crippen LogP contribution < -0.4 is 11.1 Å². The largest absolute Gasteiger partial charge is 0.396 e. The Hall–Kier alpha value is -3.97. The molecule has 0 aliphatic rings. The normalized spacial score (nSPS) is 11.5. The van der Waals surface area contributed by atoms with Crippen LogP contribution in [0.15, 0.2) is 79.1 Å². The predicted molar refractivity (Wildman–Crippen MR) is 149 cm³/mol. The molecule has 0 unspecified atom stereocenters. The summed E-state index contributed by atoms with van der Waals surface area (Å²) in [6.07, 6.45) is 9.38. The number of anilines is 2. The fourth-order valence-electron chi connectivity index (χ4n) is 4.10. The molecule has 0 atom stereocenters. The van der Waals surface area contributed by atoms with Gasteiger partial charge >= 0.3 is 0 Å². The Morgan fingerprint density at radius 1 is 1.25 bits per heavy atom. The van der Waals surface area contributed by atoms with E-state index in [4.69, 9.17) is 10.7 Å². The molecule has 0 bridgehead atoms. The van der Waals surface area contributed by atoms with E-state index in [-0.39, 0.29) is 5.69 Å². The minimum atomic E-state index is -0.467. The number of aromatic nitrogens is 3. The number of hydrogen-bond acceptors (Lipinski definition) is 5. The molecule has 3 aromatic heterocycles. The zero-order valence-electron chi connectivity index (χ0n) is 20.6. The molecule has 36 heavy (non-hydrogen) atoms. The Morgan fingerprint density at radius 2 is 2.08 bits per heavy atom. The average molecular weight is 500 g/mol. The topological polar surface area (TPSA) is 79.6 Å². The quantitative estimate of drug-likeness (QED) is 0.156. The van der Waals surface area contributed by atoms with E-state index in [1.165, 1.54) is 6.07 Å². The van der Waals surface area contributed by atoms with Crippen molar-refractivity contribution in [3.8, 4) is 11.1 Å². The molecule has 4 rings (SSSR count). The number of halogens is 1. The number of nitrogens with two attached hydrogens (primary N) is 1. The van der Waals surface area contributed by atoms with Crippen molar-refractivity contribution in [1.82, 2.24) is 15.0 Å². The first-order valence-electron chi connectivity index (χ1n) is 11.8. The van der Waals surface area contributed by atoms with Crippen molar-refractivity contribution in [2.75, 3.05) is 11.1 Å². The van der Waals surface area contributed by atoms with Crippen molar-refractivity contribution in [3.63, 3.8) is 0 Å². The molecule has 4 N–H and O–H groups in total. The monoisotopic (exact) mass is 499 g/mol. The predicted octanol–water partition coefficient (Wildman–Crippen LogP) is 7.50. The zero-order chi connectivity index (χ0) is 25.7. The molecule has 4 aromatic rings. The van der Waals surface area contributed by atoms with Gasteiger partial charge < -0.3 is 16.0 Å². The number of H-pyrrole nitrogens is 1. The van der Waals surface area contributed by atoms with Crippen molar-refractivity contribution in [2.45, 2.75) is 33.1 Å². The fraction of sp³-hybridized carbons (Fsp3) is 0.172. The fourth-order valence-corrected chi connectivity index (χ4v) is 4.85. The summed E-state index contributed by atoms with van der Waals surface area (Å²) in [4.78, 5) is 13.6. The number of thiophene rings is 1. The molecule has 7 heteroatoms. The van der Waals surface area contributed by atoms with E-state index in [9.17, 15) is 4.39 Å². The lowest BCUT2D eigenvalue weighted by atomic mass is 10.0. The van der Waals surface area contributed by atoms with E-state index in [0.29, 0.717) is 23.4 Å². The summed E-state index contributed by atoms with van der Waals surface area (Å²) in [6, 6.07) is 9.34. The molecule has 0 amide bonds. The molecular weight excluding hydrogens is 469 g/mol. The second-order valence-electron chi connectivity index (χ2n) is 8.60. The molecule has 0 saturated carbocycles. The highest BCUT2D eigenvalue weighted by Crippen LogP contribution is 2.31. The van der Waals surface area contributed by atoms with Crippen LogP contribution in [-0.4, -0.2) is 15.0 Å². The smallest absolute Gasteiger partial charge is 0.146 e. The van der Waals surface area contributed by atoms with Gasteiger partial charge in [0.2, 0.25) is 0 Å². The summed E-state index contributed by atoms with van der Waals surface area (Å²) in [7, 11) is 0. The third-order valence-corrected chi connectivity index (χ3v) is 6.68. The number of imidazole rings is 1. The van der Waals surface area contributed by atoms with Gasteiger partial charge in [0, 0.05) is 40.0 Å². The van der Waals surface area contributed by atoms with Crippen LogP contribution in [0.1, 0.15) is 47.4 Å². The minimum absolute atomic E-state index is 0.119. The first kappa shape index (κ1) is 25.1. The summed E-state index contributed by atoms with van der Waals surface area (Å²) < 4.78 is 14.9. The molecule has 0 spiro atoms. The number of nitrogens with one attached hydrogen (secondary N) is 2. The molecule has 0 aliphatic carbocycles. The molecule has 3 heterocycles. The zero-order valence-corrected chi connectivity index (χ0v) is 21.4. The summed E-state index contributed by atoms with van der Waals surface area (Å²) >= 11 is 1.64. The van der Waals surface area contributed by atoms with E-state index in [0.717, 1.165) is 51.6 Å². The van der Waals surface area contributed by atoms with Crippen LogP contribution in [0.3, 0.4) is 0 Å². The first-order valence-corrected chi connectivity index (χ1v) is 12.7. The van der Waals surface area contributed by atoms with Crippen molar-refractivity contribution in [2.24, 2.45) is 0 Å². The Kier molecular flexibility index (Phi) is 7.80. The van der Waals surface area contributed by atoms with Crippen LogP contribution in [0.5, 0.6) is 0 Å². The van der Waals surface area contributed by atoms with Crippen molar-refractivity contribution < 1.29 is 4.39 Å². The van der Waals surface area contributed by atoms with E-state index in [2.05, 4.69) is 41.4 Å². The lowest BCUT2D eigenvalue weighted by Crippen LogP contribution is -2.02. The van der Waals surface area contributed by atoms with Crippen LogP contribution in [0.2, 0.25) is 0 Å². The van der Waals surface area contributed by atoms with Gasteiger partial charge in [0.1, 0.15) is 11.6 Å². The van der Waals surface area contributed by atoms with Crippen LogP contribution in [0.4, 0.5) is 15.8 Å². The molecule has 0 aliphatic heterocycles. The third kappa shape index (κ3) is 5.63. The summed E-state index contributed by atoms with van der Waals surface area (Å²) in [5, 5.41) is 5.30. The Labute approximate surface area is 215 Å². The second-order valence-corrected chi connectivity index (χ2v) is 9.55. The Morgan fingerprint density at radius 3 is 2.81 bits per heavy atom. The molecule has 184 valence electrons. The van der Waals surface area contributed by atoms with Gasteiger partial charge in [-0.25, -0.2) is 9.37 Å². The van der Waals surface area contributed by atoms with Gasteiger partial charge in [0.05, 0.1) is 23.3 Å². The summed E-state index contributed by atoms with van der Waals surface area (Å²) in [6.45, 7) is 12.0. The van der Waals surface area contributed by atoms with Crippen LogP contribution in [0.25, 0.3) is 16.7 Å². The molecule has 1 aromatic carbocycles. The number of allylic oxidation sites excluding steroid dienone is 3. The maximum Gasteiger partial charge on any atom is 0.146 e. The highest BCUT2D eigenvalue weighted by Gasteiger charge is 2.17. The molecule has 0 radical (unpaired) electrons. The number of pyridine rings is 1. The van der Waals surface area contributed by atoms with Crippen molar-refractivity contribution >= 4 is 28.3 Å². The highest BCUT2D eigenvalue weighted by molar-refractivity contribution is 7.11. The van der Waals surface area contributed by atoms with Gasteiger partial charge in [-0.2, -0.15) is 0 Å². The standard InChI is InChI=1S/C29H30FN5S/c1-5-8-18(3)33-23-13-22(16-32-17-23)20-12-21(28(31)25(30)14-20)15-27-34-19(4)29(35-27)24(9-6-2)26-10-7-11-36-26/h6-7,9-14,16-17,33H,2-3,5,8,15,31H2,1,4H3,(H,34,35)/b24-9-. The van der Waals surface area contributed by atoms with Gasteiger partial charge in [0.15, 0.2) is 0 Å². The van der Waals surface area contributed by atoms with E-state index < -0.39 is 5.82 Å². The van der Waals surface area contributed by atoms with Crippen LogP contribution in [0, 0.1) is 12.7 Å². The SMILES string of the molecule is C=C/C=C(/c1cccs1)c1nc(Cc2cc(-c3cncc(NC(=C)CCC)c3)cc(F)c2N)[nH]c1C. The van der Waals surface area contributed by atoms with Gasteiger partial charge in [-0.3, -0.25) is 4.98 Å². The highest BCUT2D eigenvalue weighted by atomic mass is 32.1. The first-order chi connectivity index (χ1) is 17.4. The number of benzene rings is 1. The van der Waals surface area contributed by atoms with Crippen LogP contribution >= 0.6 is 11.3 Å². The van der Waals surface area contributed by atoms with E-state index in [1.807, 2.05) is 36.6 Å². The lowest BCUT2D eigenvalue weighted by Gasteiger charge is -2.12. The molecule has 0 fully saturated rings. The lowest BCUT2D eigenvalue weighted by molar-refractivity contribution is 0.631. The number of aromatic amines is 1. The third-order valence-electron chi connectivity index (χ3n) is 5.78. The molecule has 0 saturated heterocycles. The number of hydrogen-bond donors (Lipinski definition) is 3. The van der Waals surface area contributed by atoms with Gasteiger partial charge in [-0.15, -0.1) is 11.3 Å². The van der Waals surface area contributed by atoms with E-state index >= 15 is 0 Å². The average Bonchev–Trinajstić information content (AvgIpc) is 3.51. The Bertz CT molecular complexity index is 1420.